The van der Waals surface area contributed by atoms with Crippen LogP contribution in [0.4, 0.5) is 62.9 Å². The summed E-state index contributed by atoms with van der Waals surface area (Å²) < 4.78 is 179. The van der Waals surface area contributed by atoms with Crippen LogP contribution in [0.3, 0.4) is 0 Å². The number of carbonyl (C=O) groups excluding carboxylic acids is 2. The van der Waals surface area contributed by atoms with E-state index in [1.54, 1.807) is 0 Å². The maximum atomic E-state index is 14.3. The second-order valence-electron chi connectivity index (χ2n) is 7.20. The Morgan fingerprint density at radius 3 is 1.79 bits per heavy atom. The zero-order chi connectivity index (χ0) is 29.5. The van der Waals surface area contributed by atoms with Gasteiger partial charge in [0.1, 0.15) is 5.56 Å². The third-order valence-corrected chi connectivity index (χ3v) is 4.72. The van der Waals surface area contributed by atoms with Gasteiger partial charge in [0.15, 0.2) is 5.82 Å². The third kappa shape index (κ3) is 4.61. The number of ether oxygens (including phenoxy) is 1. The summed E-state index contributed by atoms with van der Waals surface area (Å²) in [5.74, 6) is -45.5. The molecule has 1 aromatic carbocycles. The summed E-state index contributed by atoms with van der Waals surface area (Å²) in [6, 6.07) is 6.22. The predicted molar refractivity (Wildman–Crippen MR) is 98.9 cm³/mol. The minimum Gasteiger partial charge on any atom is -0.462 e. The van der Waals surface area contributed by atoms with Crippen molar-refractivity contribution in [3.05, 3.63) is 42.1 Å². The number of rotatable bonds is 9. The van der Waals surface area contributed by atoms with E-state index < -0.39 is 59.0 Å². The zero-order valence-electron chi connectivity index (χ0n) is 18.2. The molecule has 0 atom stereocenters. The van der Waals surface area contributed by atoms with Crippen molar-refractivity contribution in [1.29, 1.82) is 0 Å². The molecule has 2 aromatic rings. The molecule has 212 valence electrons. The summed E-state index contributed by atoms with van der Waals surface area (Å²) in [6.45, 7) is 0.858. The molecule has 38 heavy (non-hydrogen) atoms. The van der Waals surface area contributed by atoms with Crippen LogP contribution in [0.1, 0.15) is 17.3 Å². The first-order valence-electron chi connectivity index (χ1n) is 9.67. The van der Waals surface area contributed by atoms with Crippen LogP contribution in [0, 0.1) is 0 Å². The molecule has 0 spiro atoms. The van der Waals surface area contributed by atoms with Crippen LogP contribution in [0.15, 0.2) is 36.5 Å². The first kappa shape index (κ1) is 30.7. The summed E-state index contributed by atoms with van der Waals surface area (Å²) in [6.07, 6.45) is -7.06. The molecule has 1 N–H and O–H groups in total. The number of benzene rings is 1. The van der Waals surface area contributed by atoms with Gasteiger partial charge in [-0.1, -0.05) is 18.2 Å². The van der Waals surface area contributed by atoms with E-state index in [4.69, 9.17) is 0 Å². The standard InChI is InChI=1S/C19H12F13N3O3/c1-2-38-12(36)10-8-33-35(9-6-4-3-5-7-9)11(10)34-13(37)14(20,21)15(22,23)16(24,25)17(26,27)18(28,29)19(30,31)32/h3-8H,2H2,1H3,(H,34,37). The Morgan fingerprint density at radius 2 is 1.32 bits per heavy atom. The van der Waals surface area contributed by atoms with Gasteiger partial charge in [0.05, 0.1) is 18.5 Å². The van der Waals surface area contributed by atoms with Crippen LogP contribution in [0.5, 0.6) is 0 Å². The number of anilines is 1. The molecule has 1 heterocycles. The van der Waals surface area contributed by atoms with Crippen molar-refractivity contribution in [3.8, 4) is 5.69 Å². The van der Waals surface area contributed by atoms with Crippen molar-refractivity contribution < 1.29 is 71.4 Å². The zero-order valence-corrected chi connectivity index (χ0v) is 18.2. The lowest BCUT2D eigenvalue weighted by Gasteiger charge is -2.39. The van der Waals surface area contributed by atoms with E-state index in [9.17, 15) is 66.7 Å². The number of aromatic nitrogens is 2. The molecule has 19 heteroatoms. The Morgan fingerprint density at radius 1 is 0.816 bits per heavy atom. The van der Waals surface area contributed by atoms with Crippen molar-refractivity contribution in [1.82, 2.24) is 9.78 Å². The molecule has 6 nitrogen and oxygen atoms in total. The normalized spacial score (nSPS) is 13.8. The van der Waals surface area contributed by atoms with E-state index in [0.29, 0.717) is 10.9 Å². The molecular weight excluding hydrogens is 565 g/mol. The van der Waals surface area contributed by atoms with Gasteiger partial charge < -0.3 is 10.1 Å². The fourth-order valence-corrected chi connectivity index (χ4v) is 2.69. The first-order chi connectivity index (χ1) is 17.1. The summed E-state index contributed by atoms with van der Waals surface area (Å²) in [7, 11) is 0. The van der Waals surface area contributed by atoms with Crippen LogP contribution >= 0.6 is 0 Å². The summed E-state index contributed by atoms with van der Waals surface area (Å²) in [5.41, 5.74) is -1.14. The second-order valence-corrected chi connectivity index (χ2v) is 7.20. The Hall–Kier alpha value is -3.54. The molecule has 2 rings (SSSR count). The molecule has 0 radical (unpaired) electrons. The van der Waals surface area contributed by atoms with Crippen molar-refractivity contribution >= 4 is 17.7 Å². The Bertz CT molecular complexity index is 1180. The molecule has 0 bridgehead atoms. The van der Waals surface area contributed by atoms with Crippen LogP contribution in [-0.4, -0.2) is 64.1 Å². The highest BCUT2D eigenvalue weighted by Crippen LogP contribution is 2.60. The molecule has 1 amide bonds. The van der Waals surface area contributed by atoms with Gasteiger partial charge in [0.25, 0.3) is 0 Å². The number of hydrogen-bond acceptors (Lipinski definition) is 4. The Kier molecular flexibility index (Phi) is 7.79. The van der Waals surface area contributed by atoms with Gasteiger partial charge in [-0.15, -0.1) is 0 Å². The maximum Gasteiger partial charge on any atom is 0.460 e. The number of halogens is 13. The van der Waals surface area contributed by atoms with Gasteiger partial charge in [0.2, 0.25) is 0 Å². The molecular formula is C19H12F13N3O3. The average Bonchev–Trinajstić information content (AvgIpc) is 3.22. The van der Waals surface area contributed by atoms with E-state index in [1.807, 2.05) is 0 Å². The van der Waals surface area contributed by atoms with Crippen LogP contribution < -0.4 is 5.32 Å². The molecule has 0 aliphatic heterocycles. The lowest BCUT2D eigenvalue weighted by atomic mass is 9.93. The molecule has 0 saturated carbocycles. The van der Waals surface area contributed by atoms with Crippen molar-refractivity contribution in [2.75, 3.05) is 11.9 Å². The average molecular weight is 577 g/mol. The Balaban J connectivity index is 2.59. The SMILES string of the molecule is CCOC(=O)c1cnn(-c2ccccc2)c1NC(=O)C(F)(F)C(F)(F)C(F)(F)C(F)(F)C(F)(F)C(F)(F)F. The molecule has 0 aliphatic carbocycles. The topological polar surface area (TPSA) is 73.2 Å². The number of esters is 1. The molecule has 0 unspecified atom stereocenters. The van der Waals surface area contributed by atoms with E-state index in [1.165, 1.54) is 25.1 Å². The highest BCUT2D eigenvalue weighted by atomic mass is 19.4. The Labute approximate surface area is 202 Å². The van der Waals surface area contributed by atoms with Crippen LogP contribution in [0.2, 0.25) is 0 Å². The number of nitrogens with one attached hydrogen (secondary N) is 1. The minimum atomic E-state index is -8.17. The predicted octanol–water partition coefficient (Wildman–Crippen LogP) is 5.73. The largest absolute Gasteiger partial charge is 0.462 e. The maximum absolute atomic E-state index is 14.3. The van der Waals surface area contributed by atoms with Gasteiger partial charge in [0, 0.05) is 0 Å². The van der Waals surface area contributed by atoms with Gasteiger partial charge in [-0.3, -0.25) is 4.79 Å². The molecule has 0 saturated heterocycles. The molecule has 1 aromatic heterocycles. The number of hydrogen-bond donors (Lipinski definition) is 1. The molecule has 0 fully saturated rings. The van der Waals surface area contributed by atoms with Crippen molar-refractivity contribution in [2.24, 2.45) is 0 Å². The number of carbonyl (C=O) groups is 2. The monoisotopic (exact) mass is 577 g/mol. The van der Waals surface area contributed by atoms with Gasteiger partial charge in [-0.25, -0.2) is 9.48 Å². The lowest BCUT2D eigenvalue weighted by molar-refractivity contribution is -0.435. The van der Waals surface area contributed by atoms with Crippen LogP contribution in [-0.2, 0) is 9.53 Å². The van der Waals surface area contributed by atoms with Crippen molar-refractivity contribution in [3.63, 3.8) is 0 Å². The lowest BCUT2D eigenvalue weighted by Crippen LogP contribution is -2.71. The summed E-state index contributed by atoms with van der Waals surface area (Å²) in [4.78, 5) is 24.1. The van der Waals surface area contributed by atoms with Gasteiger partial charge in [-0.05, 0) is 19.1 Å². The summed E-state index contributed by atoms with van der Waals surface area (Å²) in [5, 5.41) is 4.39. The number of nitrogens with zero attached hydrogens (tertiary/aromatic N) is 2. The fourth-order valence-electron chi connectivity index (χ4n) is 2.69. The smallest absolute Gasteiger partial charge is 0.460 e. The first-order valence-corrected chi connectivity index (χ1v) is 9.67. The van der Waals surface area contributed by atoms with Gasteiger partial charge in [-0.2, -0.15) is 62.2 Å². The highest BCUT2D eigenvalue weighted by Gasteiger charge is 2.91. The number of alkyl halides is 13. The van der Waals surface area contributed by atoms with E-state index in [2.05, 4.69) is 9.84 Å². The number of amides is 1. The van der Waals surface area contributed by atoms with E-state index in [0.717, 1.165) is 17.4 Å². The summed E-state index contributed by atoms with van der Waals surface area (Å²) >= 11 is 0. The van der Waals surface area contributed by atoms with Crippen molar-refractivity contribution in [2.45, 2.75) is 42.7 Å². The minimum absolute atomic E-state index is 0.185. The van der Waals surface area contributed by atoms with E-state index >= 15 is 0 Å². The number of para-hydroxylation sites is 1. The quantitative estimate of drug-likeness (QED) is 0.306. The second kappa shape index (κ2) is 9.64. The van der Waals surface area contributed by atoms with Gasteiger partial charge >= 0.3 is 47.7 Å². The fraction of sp³-hybridized carbons (Fsp3) is 0.421. The molecule has 0 aliphatic rings. The van der Waals surface area contributed by atoms with Crippen LogP contribution in [0.25, 0.3) is 5.69 Å². The highest BCUT2D eigenvalue weighted by molar-refractivity contribution is 6.03. The van der Waals surface area contributed by atoms with E-state index in [-0.39, 0.29) is 12.3 Å². The third-order valence-electron chi connectivity index (χ3n) is 4.72.